The number of amides is 1. The Hall–Kier alpha value is -3.60. The highest BCUT2D eigenvalue weighted by atomic mass is 16.5. The van der Waals surface area contributed by atoms with Crippen LogP contribution in [0.2, 0.25) is 0 Å². The van der Waals surface area contributed by atoms with Crippen LogP contribution in [0, 0.1) is 20.8 Å². The van der Waals surface area contributed by atoms with Crippen molar-refractivity contribution in [1.29, 1.82) is 0 Å². The van der Waals surface area contributed by atoms with Crippen molar-refractivity contribution in [3.63, 3.8) is 0 Å². The van der Waals surface area contributed by atoms with Crippen molar-refractivity contribution in [2.24, 2.45) is 0 Å². The van der Waals surface area contributed by atoms with E-state index in [1.54, 1.807) is 0 Å². The molecule has 1 amide bonds. The molecule has 2 heterocycles. The Bertz CT molecular complexity index is 1350. The van der Waals surface area contributed by atoms with Gasteiger partial charge < -0.3 is 14.2 Å². The number of aryl methyl sites for hydroxylation is 3. The minimum absolute atomic E-state index is 0.0145. The first-order chi connectivity index (χ1) is 16.5. The number of hydrogen-bond acceptors (Lipinski definition) is 3. The summed E-state index contributed by atoms with van der Waals surface area (Å²) >= 11 is 0. The van der Waals surface area contributed by atoms with E-state index in [9.17, 15) is 4.79 Å². The van der Waals surface area contributed by atoms with Gasteiger partial charge in [0.25, 0.3) is 0 Å². The third-order valence-corrected chi connectivity index (χ3v) is 6.79. The van der Waals surface area contributed by atoms with Crippen molar-refractivity contribution < 1.29 is 9.53 Å². The van der Waals surface area contributed by atoms with Crippen LogP contribution >= 0.6 is 0 Å². The summed E-state index contributed by atoms with van der Waals surface area (Å²) in [5.74, 6) is 1.85. The standard InChI is InChI=1S/C29H31N3O2/c1-5-34-27-13-9-8-12-26(27)31-17-22(16-28(31)33)29-30-24-10-6-7-11-25(24)32(29)18-23-20(3)14-19(2)15-21(23)4/h6-15,22H,5,16-18H2,1-4H3/t22-/m0/s1. The molecule has 4 aromatic rings. The molecule has 0 saturated carbocycles. The largest absolute Gasteiger partial charge is 0.492 e. The van der Waals surface area contributed by atoms with E-state index in [1.165, 1.54) is 22.3 Å². The van der Waals surface area contributed by atoms with Crippen molar-refractivity contribution >= 4 is 22.6 Å². The molecule has 1 fully saturated rings. The third kappa shape index (κ3) is 3.96. The maximum Gasteiger partial charge on any atom is 0.227 e. The number of ether oxygens (including phenoxy) is 1. The van der Waals surface area contributed by atoms with Crippen LogP contribution in [0.4, 0.5) is 5.69 Å². The lowest BCUT2D eigenvalue weighted by atomic mass is 9.99. The van der Waals surface area contributed by atoms with Crippen LogP contribution in [0.3, 0.4) is 0 Å². The monoisotopic (exact) mass is 453 g/mol. The SMILES string of the molecule is CCOc1ccccc1N1C[C@@H](c2nc3ccccc3n2Cc2c(C)cc(C)cc2C)CC1=O. The van der Waals surface area contributed by atoms with Crippen molar-refractivity contribution in [1.82, 2.24) is 9.55 Å². The van der Waals surface area contributed by atoms with Gasteiger partial charge in [-0.25, -0.2) is 4.98 Å². The summed E-state index contributed by atoms with van der Waals surface area (Å²) in [6.07, 6.45) is 0.440. The number of nitrogens with zero attached hydrogens (tertiary/aromatic N) is 3. The summed E-state index contributed by atoms with van der Waals surface area (Å²) in [7, 11) is 0. The van der Waals surface area contributed by atoms with Gasteiger partial charge >= 0.3 is 0 Å². The Balaban J connectivity index is 1.55. The van der Waals surface area contributed by atoms with Gasteiger partial charge in [0.05, 0.1) is 23.3 Å². The number of aromatic nitrogens is 2. The van der Waals surface area contributed by atoms with Crippen LogP contribution in [0.25, 0.3) is 11.0 Å². The Kier molecular flexibility index (Phi) is 5.86. The van der Waals surface area contributed by atoms with E-state index in [4.69, 9.17) is 9.72 Å². The summed E-state index contributed by atoms with van der Waals surface area (Å²) < 4.78 is 8.13. The van der Waals surface area contributed by atoms with E-state index < -0.39 is 0 Å². The van der Waals surface area contributed by atoms with E-state index in [2.05, 4.69) is 55.7 Å². The first-order valence-corrected chi connectivity index (χ1v) is 12.0. The molecule has 5 rings (SSSR count). The zero-order valence-corrected chi connectivity index (χ0v) is 20.3. The summed E-state index contributed by atoms with van der Waals surface area (Å²) in [6.45, 7) is 10.4. The molecule has 0 unspecified atom stereocenters. The molecule has 0 aliphatic carbocycles. The number of rotatable bonds is 6. The minimum Gasteiger partial charge on any atom is -0.492 e. The first kappa shape index (κ1) is 22.2. The predicted octanol–water partition coefficient (Wildman–Crippen LogP) is 5.93. The highest BCUT2D eigenvalue weighted by Crippen LogP contribution is 2.37. The van der Waals surface area contributed by atoms with Crippen molar-refractivity contribution in [2.45, 2.75) is 46.6 Å². The van der Waals surface area contributed by atoms with E-state index in [-0.39, 0.29) is 11.8 Å². The summed E-state index contributed by atoms with van der Waals surface area (Å²) in [5, 5.41) is 0. The number of fused-ring (bicyclic) bond motifs is 1. The second-order valence-electron chi connectivity index (χ2n) is 9.23. The molecular weight excluding hydrogens is 422 g/mol. The molecule has 1 aliphatic heterocycles. The van der Waals surface area contributed by atoms with Crippen LogP contribution < -0.4 is 9.64 Å². The highest BCUT2D eigenvalue weighted by molar-refractivity contribution is 5.98. The fourth-order valence-corrected chi connectivity index (χ4v) is 5.26. The van der Waals surface area contributed by atoms with Gasteiger partial charge in [-0.15, -0.1) is 0 Å². The van der Waals surface area contributed by atoms with Gasteiger partial charge in [-0.05, 0) is 68.7 Å². The molecule has 1 atom stereocenters. The number of carbonyl (C=O) groups is 1. The number of para-hydroxylation sites is 4. The molecule has 34 heavy (non-hydrogen) atoms. The molecule has 0 radical (unpaired) electrons. The molecule has 0 bridgehead atoms. The quantitative estimate of drug-likeness (QED) is 0.364. The van der Waals surface area contributed by atoms with Gasteiger partial charge in [0, 0.05) is 25.4 Å². The minimum atomic E-state index is 0.0145. The van der Waals surface area contributed by atoms with Crippen LogP contribution in [0.15, 0.2) is 60.7 Å². The second-order valence-corrected chi connectivity index (χ2v) is 9.23. The maximum atomic E-state index is 13.2. The Morgan fingerprint density at radius 2 is 1.71 bits per heavy atom. The predicted molar refractivity (Wildman–Crippen MR) is 137 cm³/mol. The number of carbonyl (C=O) groups excluding carboxylic acids is 1. The van der Waals surface area contributed by atoms with Crippen molar-refractivity contribution in [3.05, 3.63) is 88.7 Å². The maximum absolute atomic E-state index is 13.2. The van der Waals surface area contributed by atoms with Gasteiger partial charge in [0.1, 0.15) is 11.6 Å². The molecule has 3 aromatic carbocycles. The van der Waals surface area contributed by atoms with Gasteiger partial charge in [0.2, 0.25) is 5.91 Å². The van der Waals surface area contributed by atoms with Gasteiger partial charge in [-0.3, -0.25) is 4.79 Å². The van der Waals surface area contributed by atoms with Crippen LogP contribution in [0.1, 0.15) is 47.3 Å². The van der Waals surface area contributed by atoms with Crippen molar-refractivity contribution in [2.75, 3.05) is 18.1 Å². The van der Waals surface area contributed by atoms with Gasteiger partial charge in [-0.1, -0.05) is 42.0 Å². The van der Waals surface area contributed by atoms with Crippen LogP contribution in [0.5, 0.6) is 5.75 Å². The van der Waals surface area contributed by atoms with Gasteiger partial charge in [0.15, 0.2) is 0 Å². The summed E-state index contributed by atoms with van der Waals surface area (Å²) in [5.41, 5.74) is 8.09. The molecule has 1 aromatic heterocycles. The Labute approximate surface area is 201 Å². The highest BCUT2D eigenvalue weighted by Gasteiger charge is 2.36. The topological polar surface area (TPSA) is 47.4 Å². The normalized spacial score (nSPS) is 15.9. The lowest BCUT2D eigenvalue weighted by Gasteiger charge is -2.21. The molecule has 5 nitrogen and oxygen atoms in total. The smallest absolute Gasteiger partial charge is 0.227 e. The average Bonchev–Trinajstić information content (AvgIpc) is 3.37. The van der Waals surface area contributed by atoms with E-state index in [0.717, 1.165) is 34.8 Å². The summed E-state index contributed by atoms with van der Waals surface area (Å²) in [4.78, 5) is 20.1. The fourth-order valence-electron chi connectivity index (χ4n) is 5.26. The third-order valence-electron chi connectivity index (χ3n) is 6.79. The molecule has 0 spiro atoms. The zero-order valence-electron chi connectivity index (χ0n) is 20.3. The van der Waals surface area contributed by atoms with Gasteiger partial charge in [-0.2, -0.15) is 0 Å². The molecular formula is C29H31N3O2. The fraction of sp³-hybridized carbons (Fsp3) is 0.310. The lowest BCUT2D eigenvalue weighted by molar-refractivity contribution is -0.117. The number of hydrogen-bond donors (Lipinski definition) is 0. The Morgan fingerprint density at radius 1 is 1.00 bits per heavy atom. The van der Waals surface area contributed by atoms with E-state index in [1.807, 2.05) is 42.2 Å². The molecule has 174 valence electrons. The average molecular weight is 454 g/mol. The van der Waals surface area contributed by atoms with Crippen molar-refractivity contribution in [3.8, 4) is 5.75 Å². The molecule has 1 aliphatic rings. The zero-order chi connectivity index (χ0) is 23.8. The first-order valence-electron chi connectivity index (χ1n) is 12.0. The molecule has 1 saturated heterocycles. The number of imidazole rings is 1. The lowest BCUT2D eigenvalue weighted by Crippen LogP contribution is -2.25. The molecule has 5 heteroatoms. The second kappa shape index (κ2) is 8.98. The van der Waals surface area contributed by atoms with Crippen LogP contribution in [-0.2, 0) is 11.3 Å². The van der Waals surface area contributed by atoms with Crippen LogP contribution in [-0.4, -0.2) is 28.6 Å². The number of anilines is 1. The Morgan fingerprint density at radius 3 is 2.47 bits per heavy atom. The number of benzene rings is 3. The van der Waals surface area contributed by atoms with E-state index >= 15 is 0 Å². The van der Waals surface area contributed by atoms with E-state index in [0.29, 0.717) is 19.6 Å². The summed E-state index contributed by atoms with van der Waals surface area (Å²) in [6, 6.07) is 20.5. The molecule has 0 N–H and O–H groups in total.